The van der Waals surface area contributed by atoms with E-state index in [9.17, 15) is 9.59 Å². The monoisotopic (exact) mass is 460 g/mol. The molecule has 1 N–H and O–H groups in total. The van der Waals surface area contributed by atoms with Gasteiger partial charge in [-0.05, 0) is 38.8 Å². The Labute approximate surface area is 200 Å². The fraction of sp³-hybridized carbons (Fsp3) is 0.370. The molecule has 2 amide bonds. The van der Waals surface area contributed by atoms with Gasteiger partial charge in [-0.1, -0.05) is 60.7 Å². The van der Waals surface area contributed by atoms with Crippen LogP contribution in [0.25, 0.3) is 11.3 Å². The quantitative estimate of drug-likeness (QED) is 0.492. The van der Waals surface area contributed by atoms with Crippen molar-refractivity contribution >= 4 is 11.8 Å². The number of benzene rings is 2. The molecule has 2 heterocycles. The van der Waals surface area contributed by atoms with E-state index in [2.05, 4.69) is 10.4 Å². The number of hydrogen-bond donors (Lipinski definition) is 1. The van der Waals surface area contributed by atoms with E-state index in [1.807, 2.05) is 87.5 Å². The summed E-state index contributed by atoms with van der Waals surface area (Å²) in [7, 11) is 0. The van der Waals surface area contributed by atoms with Gasteiger partial charge in [-0.15, -0.1) is 0 Å². The first-order chi connectivity index (χ1) is 16.4. The summed E-state index contributed by atoms with van der Waals surface area (Å²) in [5.74, 6) is -0.389. The van der Waals surface area contributed by atoms with E-state index in [1.165, 1.54) is 0 Å². The van der Waals surface area contributed by atoms with Gasteiger partial charge in [0.2, 0.25) is 5.91 Å². The van der Waals surface area contributed by atoms with Gasteiger partial charge in [0.15, 0.2) is 0 Å². The molecule has 0 saturated heterocycles. The van der Waals surface area contributed by atoms with E-state index in [-0.39, 0.29) is 24.5 Å². The van der Waals surface area contributed by atoms with Crippen LogP contribution in [-0.4, -0.2) is 51.3 Å². The first-order valence-electron chi connectivity index (χ1n) is 11.8. The van der Waals surface area contributed by atoms with E-state index in [0.29, 0.717) is 31.8 Å². The summed E-state index contributed by atoms with van der Waals surface area (Å²) in [5.41, 5.74) is 2.09. The molecule has 1 aliphatic heterocycles. The molecule has 4 rings (SSSR count). The van der Waals surface area contributed by atoms with Gasteiger partial charge >= 0.3 is 0 Å². The fourth-order valence-electron chi connectivity index (χ4n) is 4.25. The van der Waals surface area contributed by atoms with E-state index >= 15 is 0 Å². The molecule has 3 aromatic rings. The summed E-state index contributed by atoms with van der Waals surface area (Å²) >= 11 is 0. The number of aromatic nitrogens is 2. The van der Waals surface area contributed by atoms with Crippen molar-refractivity contribution in [2.45, 2.75) is 51.9 Å². The Morgan fingerprint density at radius 2 is 1.79 bits per heavy atom. The SMILES string of the molecule is CC(C)OCCCN1C(=O)c2cc(-c3ccccc3)nn2CC1(C)C(=O)NCc1ccccc1. The molecule has 0 radical (unpaired) electrons. The topological polar surface area (TPSA) is 76.5 Å². The Balaban J connectivity index is 1.60. The van der Waals surface area contributed by atoms with Crippen LogP contribution in [0.4, 0.5) is 0 Å². The number of hydrogen-bond acceptors (Lipinski definition) is 4. The van der Waals surface area contributed by atoms with E-state index in [1.54, 1.807) is 9.58 Å². The van der Waals surface area contributed by atoms with Crippen LogP contribution in [-0.2, 0) is 22.6 Å². The van der Waals surface area contributed by atoms with Crippen LogP contribution in [0, 0.1) is 0 Å². The molecule has 0 aliphatic carbocycles. The summed E-state index contributed by atoms with van der Waals surface area (Å²) in [6.07, 6.45) is 0.762. The van der Waals surface area contributed by atoms with Crippen molar-refractivity contribution in [2.75, 3.05) is 13.2 Å². The third kappa shape index (κ3) is 5.04. The van der Waals surface area contributed by atoms with Crippen LogP contribution in [0.5, 0.6) is 0 Å². The number of amides is 2. The summed E-state index contributed by atoms with van der Waals surface area (Å²) in [4.78, 5) is 28.8. The lowest BCUT2D eigenvalue weighted by Crippen LogP contribution is -2.64. The van der Waals surface area contributed by atoms with Gasteiger partial charge < -0.3 is 15.0 Å². The number of rotatable bonds is 9. The number of nitrogens with zero attached hydrogens (tertiary/aromatic N) is 3. The summed E-state index contributed by atoms with van der Waals surface area (Å²) in [6.45, 7) is 7.42. The zero-order valence-corrected chi connectivity index (χ0v) is 20.0. The summed E-state index contributed by atoms with van der Waals surface area (Å²) in [6, 6.07) is 21.3. The second-order valence-corrected chi connectivity index (χ2v) is 9.11. The van der Waals surface area contributed by atoms with Crippen molar-refractivity contribution in [3.8, 4) is 11.3 Å². The van der Waals surface area contributed by atoms with Crippen LogP contribution >= 0.6 is 0 Å². The molecule has 1 atom stereocenters. The number of carbonyl (C=O) groups is 2. The van der Waals surface area contributed by atoms with Gasteiger partial charge in [0, 0.05) is 25.3 Å². The second-order valence-electron chi connectivity index (χ2n) is 9.11. The molecule has 34 heavy (non-hydrogen) atoms. The third-order valence-electron chi connectivity index (χ3n) is 6.13. The number of carbonyl (C=O) groups excluding carboxylic acids is 2. The highest BCUT2D eigenvalue weighted by atomic mass is 16.5. The molecule has 0 bridgehead atoms. The highest BCUT2D eigenvalue weighted by Crippen LogP contribution is 2.30. The van der Waals surface area contributed by atoms with E-state index in [4.69, 9.17) is 4.74 Å². The predicted molar refractivity (Wildman–Crippen MR) is 131 cm³/mol. The Morgan fingerprint density at radius 1 is 1.12 bits per heavy atom. The van der Waals surface area contributed by atoms with E-state index in [0.717, 1.165) is 16.8 Å². The lowest BCUT2D eigenvalue weighted by Gasteiger charge is -2.43. The van der Waals surface area contributed by atoms with Crippen molar-refractivity contribution in [3.05, 3.63) is 78.0 Å². The number of ether oxygens (including phenoxy) is 1. The molecule has 1 unspecified atom stereocenters. The van der Waals surface area contributed by atoms with Crippen LogP contribution in [0.2, 0.25) is 0 Å². The predicted octanol–water partition coefficient (Wildman–Crippen LogP) is 3.90. The van der Waals surface area contributed by atoms with Crippen LogP contribution in [0.3, 0.4) is 0 Å². The Kier molecular flexibility index (Phi) is 7.12. The van der Waals surface area contributed by atoms with Crippen LogP contribution < -0.4 is 5.32 Å². The average molecular weight is 461 g/mol. The Bertz CT molecular complexity index is 1130. The molecule has 2 aromatic carbocycles. The maximum absolute atomic E-state index is 13.6. The lowest BCUT2D eigenvalue weighted by molar-refractivity contribution is -0.133. The zero-order valence-electron chi connectivity index (χ0n) is 20.0. The highest BCUT2D eigenvalue weighted by molar-refractivity contribution is 6.00. The van der Waals surface area contributed by atoms with Gasteiger partial charge in [-0.25, -0.2) is 0 Å². The van der Waals surface area contributed by atoms with Crippen LogP contribution in [0.15, 0.2) is 66.7 Å². The molecule has 1 aromatic heterocycles. The molecule has 0 spiro atoms. The fourth-order valence-corrected chi connectivity index (χ4v) is 4.25. The van der Waals surface area contributed by atoms with Crippen LogP contribution in [0.1, 0.15) is 43.2 Å². The minimum Gasteiger partial charge on any atom is -0.379 e. The molecule has 7 nitrogen and oxygen atoms in total. The lowest BCUT2D eigenvalue weighted by atomic mass is 9.94. The summed E-state index contributed by atoms with van der Waals surface area (Å²) in [5, 5.41) is 7.72. The molecule has 0 saturated carbocycles. The van der Waals surface area contributed by atoms with E-state index < -0.39 is 5.54 Å². The Hall–Kier alpha value is -3.45. The van der Waals surface area contributed by atoms with Gasteiger partial charge in [-0.2, -0.15) is 5.10 Å². The number of nitrogens with one attached hydrogen (secondary N) is 1. The maximum Gasteiger partial charge on any atom is 0.273 e. The van der Waals surface area contributed by atoms with Crippen molar-refractivity contribution in [1.29, 1.82) is 0 Å². The molecule has 178 valence electrons. The first-order valence-corrected chi connectivity index (χ1v) is 11.8. The van der Waals surface area contributed by atoms with Gasteiger partial charge in [0.25, 0.3) is 5.91 Å². The average Bonchev–Trinajstić information content (AvgIpc) is 3.27. The van der Waals surface area contributed by atoms with Crippen molar-refractivity contribution in [3.63, 3.8) is 0 Å². The van der Waals surface area contributed by atoms with Crippen molar-refractivity contribution in [2.24, 2.45) is 0 Å². The summed E-state index contributed by atoms with van der Waals surface area (Å²) < 4.78 is 7.35. The smallest absolute Gasteiger partial charge is 0.273 e. The minimum atomic E-state index is -1.07. The van der Waals surface area contributed by atoms with Crippen molar-refractivity contribution in [1.82, 2.24) is 20.0 Å². The third-order valence-corrected chi connectivity index (χ3v) is 6.13. The van der Waals surface area contributed by atoms with Gasteiger partial charge in [0.05, 0.1) is 18.3 Å². The second kappa shape index (κ2) is 10.2. The zero-order chi connectivity index (χ0) is 24.1. The normalized spacial score (nSPS) is 17.6. The highest BCUT2D eigenvalue weighted by Gasteiger charge is 2.47. The maximum atomic E-state index is 13.6. The molecular weight excluding hydrogens is 428 g/mol. The first kappa shape index (κ1) is 23.7. The molecular formula is C27H32N4O3. The van der Waals surface area contributed by atoms with Gasteiger partial charge in [0.1, 0.15) is 11.2 Å². The standard InChI is InChI=1S/C27H32N4O3/c1-20(2)34-16-10-15-30-25(32)24-17-23(22-13-8-5-9-14-22)29-31(24)19-27(30,3)26(33)28-18-21-11-6-4-7-12-21/h4-9,11-14,17,20H,10,15-16,18-19H2,1-3H3,(H,28,33). The minimum absolute atomic E-state index is 0.118. The van der Waals surface area contributed by atoms with Gasteiger partial charge in [-0.3, -0.25) is 14.3 Å². The molecule has 7 heteroatoms. The Morgan fingerprint density at radius 3 is 2.47 bits per heavy atom. The molecule has 0 fully saturated rings. The largest absolute Gasteiger partial charge is 0.379 e. The van der Waals surface area contributed by atoms with Crippen molar-refractivity contribution < 1.29 is 14.3 Å². The molecule has 1 aliphatic rings. The number of fused-ring (bicyclic) bond motifs is 1.